The van der Waals surface area contributed by atoms with Crippen molar-refractivity contribution in [3.8, 4) is 5.75 Å². The van der Waals surface area contributed by atoms with Crippen LogP contribution in [0.2, 0.25) is 0 Å². The van der Waals surface area contributed by atoms with Gasteiger partial charge in [-0.1, -0.05) is 12.1 Å². The molecule has 2 aromatic rings. The Bertz CT molecular complexity index is 779. The van der Waals surface area contributed by atoms with Gasteiger partial charge in [0.05, 0.1) is 44.5 Å². The van der Waals surface area contributed by atoms with Crippen molar-refractivity contribution in [2.24, 2.45) is 0 Å². The molecule has 2 N–H and O–H groups in total. The van der Waals surface area contributed by atoms with Gasteiger partial charge in [0.2, 0.25) is 0 Å². The van der Waals surface area contributed by atoms with Crippen molar-refractivity contribution in [2.75, 3.05) is 38.6 Å². The molecule has 0 aliphatic carbocycles. The lowest BCUT2D eigenvalue weighted by molar-refractivity contribution is -0.917. The van der Waals surface area contributed by atoms with Gasteiger partial charge in [0.15, 0.2) is 5.11 Å². The van der Waals surface area contributed by atoms with E-state index in [9.17, 15) is 8.78 Å². The fourth-order valence-electron chi connectivity index (χ4n) is 3.11. The summed E-state index contributed by atoms with van der Waals surface area (Å²) < 4.78 is 32.6. The van der Waals surface area contributed by atoms with Gasteiger partial charge in [-0.3, -0.25) is 0 Å². The number of rotatable bonds is 4. The molecule has 1 heterocycles. The number of nitrogens with zero attached hydrogens (tertiary/aromatic N) is 1. The summed E-state index contributed by atoms with van der Waals surface area (Å²) in [7, 11) is 1.59. The van der Waals surface area contributed by atoms with Crippen LogP contribution in [0.3, 0.4) is 0 Å². The first-order valence-electron chi connectivity index (χ1n) is 8.53. The Labute approximate surface area is 157 Å². The lowest BCUT2D eigenvalue weighted by Crippen LogP contribution is -3.13. The van der Waals surface area contributed by atoms with E-state index in [1.54, 1.807) is 31.4 Å². The highest BCUT2D eigenvalue weighted by Crippen LogP contribution is 2.18. The minimum Gasteiger partial charge on any atom is -0.496 e. The molecule has 26 heavy (non-hydrogen) atoms. The molecule has 1 aliphatic rings. The van der Waals surface area contributed by atoms with E-state index in [4.69, 9.17) is 17.0 Å². The average Bonchev–Trinajstić information content (AvgIpc) is 2.64. The van der Waals surface area contributed by atoms with Gasteiger partial charge in [0.1, 0.15) is 23.9 Å². The fourth-order valence-corrected chi connectivity index (χ4v) is 3.41. The summed E-state index contributed by atoms with van der Waals surface area (Å²) in [6, 6.07) is 11.1. The zero-order valence-corrected chi connectivity index (χ0v) is 15.4. The SMILES string of the molecule is COc1ccc(F)cc1C[NH+]1CCN(C(=S)Nc2ccccc2F)CC1. The Morgan fingerprint density at radius 2 is 1.92 bits per heavy atom. The lowest BCUT2D eigenvalue weighted by Gasteiger charge is -2.34. The van der Waals surface area contributed by atoms with Gasteiger partial charge in [-0.25, -0.2) is 8.78 Å². The highest BCUT2D eigenvalue weighted by atomic mass is 32.1. The van der Waals surface area contributed by atoms with Gasteiger partial charge < -0.3 is 19.9 Å². The van der Waals surface area contributed by atoms with Crippen LogP contribution in [0.4, 0.5) is 14.5 Å². The molecule has 138 valence electrons. The van der Waals surface area contributed by atoms with Crippen molar-refractivity contribution in [3.05, 3.63) is 59.7 Å². The highest BCUT2D eigenvalue weighted by molar-refractivity contribution is 7.80. The van der Waals surface area contributed by atoms with Crippen molar-refractivity contribution in [2.45, 2.75) is 6.54 Å². The molecule has 1 aliphatic heterocycles. The van der Waals surface area contributed by atoms with E-state index < -0.39 is 0 Å². The van der Waals surface area contributed by atoms with E-state index in [2.05, 4.69) is 5.32 Å². The van der Waals surface area contributed by atoms with Gasteiger partial charge in [0.25, 0.3) is 0 Å². The third-order valence-electron chi connectivity index (χ3n) is 4.56. The van der Waals surface area contributed by atoms with Crippen LogP contribution in [0.5, 0.6) is 5.75 Å². The molecule has 0 aromatic heterocycles. The molecule has 3 rings (SSSR count). The minimum absolute atomic E-state index is 0.255. The van der Waals surface area contributed by atoms with Gasteiger partial charge in [-0.05, 0) is 42.5 Å². The number of benzene rings is 2. The molecule has 0 spiro atoms. The number of ether oxygens (including phenoxy) is 1. The number of quaternary nitrogens is 1. The standard InChI is InChI=1S/C19H21F2N3OS/c1-25-18-7-6-15(20)12-14(18)13-23-8-10-24(11-9-23)19(26)22-17-5-3-2-4-16(17)21/h2-7,12H,8-11,13H2,1H3,(H,22,26)/p+1. The molecule has 1 saturated heterocycles. The second-order valence-electron chi connectivity index (χ2n) is 6.28. The van der Waals surface area contributed by atoms with Crippen molar-refractivity contribution in [1.29, 1.82) is 0 Å². The lowest BCUT2D eigenvalue weighted by atomic mass is 10.1. The first-order chi connectivity index (χ1) is 12.6. The number of hydrogen-bond acceptors (Lipinski definition) is 2. The van der Waals surface area contributed by atoms with Crippen LogP contribution in [0.1, 0.15) is 5.56 Å². The van der Waals surface area contributed by atoms with Crippen LogP contribution in [-0.2, 0) is 6.54 Å². The molecule has 1 fully saturated rings. The van der Waals surface area contributed by atoms with Crippen molar-refractivity contribution < 1.29 is 18.4 Å². The first-order valence-corrected chi connectivity index (χ1v) is 8.94. The third-order valence-corrected chi connectivity index (χ3v) is 4.92. The first kappa shape index (κ1) is 18.5. The van der Waals surface area contributed by atoms with Crippen molar-refractivity contribution in [1.82, 2.24) is 4.90 Å². The third kappa shape index (κ3) is 4.47. The molecule has 0 amide bonds. The number of anilines is 1. The summed E-state index contributed by atoms with van der Waals surface area (Å²) in [5.74, 6) is 0.129. The van der Waals surface area contributed by atoms with Gasteiger partial charge in [-0.15, -0.1) is 0 Å². The number of thiocarbonyl (C=S) groups is 1. The zero-order valence-electron chi connectivity index (χ0n) is 14.6. The van der Waals surface area contributed by atoms with Crippen LogP contribution in [-0.4, -0.2) is 43.3 Å². The maximum atomic E-state index is 13.7. The summed E-state index contributed by atoms with van der Waals surface area (Å²) in [4.78, 5) is 3.37. The predicted octanol–water partition coefficient (Wildman–Crippen LogP) is 2.07. The van der Waals surface area contributed by atoms with E-state index in [1.165, 1.54) is 23.1 Å². The number of nitrogens with one attached hydrogen (secondary N) is 2. The van der Waals surface area contributed by atoms with Gasteiger partial charge in [0, 0.05) is 0 Å². The molecule has 0 radical (unpaired) electrons. The maximum Gasteiger partial charge on any atom is 0.173 e. The van der Waals surface area contributed by atoms with Crippen LogP contribution in [0.25, 0.3) is 0 Å². The Morgan fingerprint density at radius 3 is 2.62 bits per heavy atom. The normalized spacial score (nSPS) is 15.0. The predicted molar refractivity (Wildman–Crippen MR) is 102 cm³/mol. The molecule has 4 nitrogen and oxygen atoms in total. The summed E-state index contributed by atoms with van der Waals surface area (Å²) in [5, 5.41) is 3.50. The quantitative estimate of drug-likeness (QED) is 0.797. The number of methoxy groups -OCH3 is 1. The highest BCUT2D eigenvalue weighted by Gasteiger charge is 2.23. The topological polar surface area (TPSA) is 28.9 Å². The monoisotopic (exact) mass is 378 g/mol. The van der Waals surface area contributed by atoms with E-state index in [0.29, 0.717) is 23.1 Å². The van der Waals surface area contributed by atoms with Crippen molar-refractivity contribution >= 4 is 23.0 Å². The molecule has 7 heteroatoms. The van der Waals surface area contributed by atoms with Gasteiger partial charge in [-0.2, -0.15) is 0 Å². The number of halogens is 2. The van der Waals surface area contributed by atoms with E-state index >= 15 is 0 Å². The van der Waals surface area contributed by atoms with E-state index in [0.717, 1.165) is 31.7 Å². The fraction of sp³-hybridized carbons (Fsp3) is 0.316. The summed E-state index contributed by atoms with van der Waals surface area (Å²) >= 11 is 5.41. The summed E-state index contributed by atoms with van der Waals surface area (Å²) in [6.07, 6.45) is 0. The Balaban J connectivity index is 1.55. The van der Waals surface area contributed by atoms with E-state index in [1.807, 2.05) is 4.90 Å². The molecular formula is C19H22F2N3OS+. The number of hydrogen-bond donors (Lipinski definition) is 2. The van der Waals surface area contributed by atoms with Crippen LogP contribution in [0.15, 0.2) is 42.5 Å². The number of para-hydroxylation sites is 1. The Hall–Kier alpha value is -2.25. The largest absolute Gasteiger partial charge is 0.496 e. The van der Waals surface area contributed by atoms with Crippen LogP contribution >= 0.6 is 12.2 Å². The summed E-state index contributed by atoms with van der Waals surface area (Å²) in [5.41, 5.74) is 1.25. The number of piperazine rings is 1. The molecule has 0 bridgehead atoms. The second-order valence-corrected chi connectivity index (χ2v) is 6.67. The Morgan fingerprint density at radius 1 is 1.19 bits per heavy atom. The molecule has 0 unspecified atom stereocenters. The van der Waals surface area contributed by atoms with Gasteiger partial charge >= 0.3 is 0 Å². The zero-order chi connectivity index (χ0) is 18.5. The molecule has 0 atom stereocenters. The molecule has 0 saturated carbocycles. The van der Waals surface area contributed by atoms with E-state index in [-0.39, 0.29) is 11.6 Å². The smallest absolute Gasteiger partial charge is 0.173 e. The minimum atomic E-state index is -0.322. The molecular weight excluding hydrogens is 356 g/mol. The second kappa shape index (κ2) is 8.42. The summed E-state index contributed by atoms with van der Waals surface area (Å²) in [6.45, 7) is 3.93. The molecule has 2 aromatic carbocycles. The Kier molecular flexibility index (Phi) is 6.00. The van der Waals surface area contributed by atoms with Crippen molar-refractivity contribution in [3.63, 3.8) is 0 Å². The van der Waals surface area contributed by atoms with Crippen LogP contribution < -0.4 is 15.0 Å². The maximum absolute atomic E-state index is 13.7. The average molecular weight is 378 g/mol. The van der Waals surface area contributed by atoms with Crippen LogP contribution in [0, 0.1) is 11.6 Å².